The van der Waals surface area contributed by atoms with Crippen molar-refractivity contribution < 1.29 is 19.2 Å². The van der Waals surface area contributed by atoms with E-state index >= 15 is 0 Å². The minimum absolute atomic E-state index is 0.0248. The van der Waals surface area contributed by atoms with Crippen LogP contribution < -0.4 is 10.2 Å². The number of carbonyl (C=O) groups is 2. The molecule has 1 aromatic carbocycles. The van der Waals surface area contributed by atoms with Gasteiger partial charge in [0.25, 0.3) is 5.91 Å². The summed E-state index contributed by atoms with van der Waals surface area (Å²) in [5, 5.41) is 5.21. The van der Waals surface area contributed by atoms with E-state index in [0.29, 0.717) is 26.2 Å². The molecule has 2 aromatic rings. The molecule has 0 spiro atoms. The van der Waals surface area contributed by atoms with Crippen LogP contribution in [0.25, 0.3) is 0 Å². The van der Waals surface area contributed by atoms with E-state index in [2.05, 4.69) is 5.32 Å². The van der Waals surface area contributed by atoms with E-state index in [4.69, 9.17) is 4.74 Å². The summed E-state index contributed by atoms with van der Waals surface area (Å²) in [5.41, 5.74) is 1.08. The van der Waals surface area contributed by atoms with Gasteiger partial charge in [0.2, 0.25) is 0 Å². The van der Waals surface area contributed by atoms with Crippen molar-refractivity contribution in [3.05, 3.63) is 58.3 Å². The van der Waals surface area contributed by atoms with E-state index in [1.54, 1.807) is 23.2 Å². The third kappa shape index (κ3) is 5.30. The Morgan fingerprint density at radius 3 is 2.56 bits per heavy atom. The van der Waals surface area contributed by atoms with Crippen LogP contribution in [0.15, 0.2) is 47.8 Å². The monoisotopic (exact) mass is 388 g/mol. The quantitative estimate of drug-likeness (QED) is 0.784. The van der Waals surface area contributed by atoms with Crippen LogP contribution in [0.2, 0.25) is 0 Å². The minimum atomic E-state index is -0.261. The Morgan fingerprint density at radius 2 is 1.93 bits per heavy atom. The molecule has 144 valence electrons. The molecule has 1 aliphatic rings. The Balaban J connectivity index is 1.56. The third-order valence-corrected chi connectivity index (χ3v) is 5.61. The van der Waals surface area contributed by atoms with Crippen LogP contribution in [-0.2, 0) is 9.53 Å². The lowest BCUT2D eigenvalue weighted by atomic mass is 10.1. The number of ether oxygens (including phenoxy) is 1. The van der Waals surface area contributed by atoms with Gasteiger partial charge >= 0.3 is 6.09 Å². The number of hydrogen-bond acceptors (Lipinski definition) is 4. The number of rotatable bonds is 6. The van der Waals surface area contributed by atoms with Crippen LogP contribution in [-0.4, -0.2) is 56.2 Å². The van der Waals surface area contributed by atoms with Gasteiger partial charge in [-0.25, -0.2) is 4.79 Å². The number of piperazine rings is 1. The first-order valence-corrected chi connectivity index (χ1v) is 10.2. The van der Waals surface area contributed by atoms with Crippen molar-refractivity contribution in [1.29, 1.82) is 0 Å². The number of hydrogen-bond donors (Lipinski definition) is 2. The van der Waals surface area contributed by atoms with Crippen molar-refractivity contribution in [1.82, 2.24) is 10.2 Å². The first-order chi connectivity index (χ1) is 13.2. The van der Waals surface area contributed by atoms with Gasteiger partial charge in [-0.2, -0.15) is 0 Å². The molecule has 0 bridgehead atoms. The fourth-order valence-electron chi connectivity index (χ4n) is 3.26. The molecular formula is C20H26N3O3S+. The average Bonchev–Trinajstić information content (AvgIpc) is 3.22. The Bertz CT molecular complexity index is 728. The molecule has 3 rings (SSSR count). The maximum atomic E-state index is 12.7. The largest absolute Gasteiger partial charge is 0.450 e. The zero-order chi connectivity index (χ0) is 19.1. The molecule has 27 heavy (non-hydrogen) atoms. The third-order valence-electron chi connectivity index (χ3n) is 4.67. The van der Waals surface area contributed by atoms with Crippen LogP contribution in [0.1, 0.15) is 23.4 Å². The van der Waals surface area contributed by atoms with Crippen molar-refractivity contribution in [2.24, 2.45) is 0 Å². The summed E-state index contributed by atoms with van der Waals surface area (Å²) < 4.78 is 5.04. The van der Waals surface area contributed by atoms with Gasteiger partial charge in [0.15, 0.2) is 6.54 Å². The second-order valence-corrected chi connectivity index (χ2v) is 7.52. The summed E-state index contributed by atoms with van der Waals surface area (Å²) in [5.74, 6) is 0.0248. The highest BCUT2D eigenvalue weighted by Crippen LogP contribution is 2.25. The lowest BCUT2D eigenvalue weighted by Crippen LogP contribution is -3.15. The SMILES string of the molecule is CCOC(=O)N1CC[NH+](CC(=O)N[C@@H](c2ccccc2)c2cccs2)CC1. The van der Waals surface area contributed by atoms with Gasteiger partial charge in [0.1, 0.15) is 0 Å². The maximum Gasteiger partial charge on any atom is 0.410 e. The fraction of sp³-hybridized carbons (Fsp3) is 0.400. The molecule has 7 heteroatoms. The summed E-state index contributed by atoms with van der Waals surface area (Å²) in [6, 6.07) is 14.0. The fourth-order valence-corrected chi connectivity index (χ4v) is 4.06. The van der Waals surface area contributed by atoms with Gasteiger partial charge < -0.3 is 15.0 Å². The predicted molar refractivity (Wildman–Crippen MR) is 105 cm³/mol. The molecule has 0 saturated carbocycles. The van der Waals surface area contributed by atoms with E-state index in [1.165, 1.54) is 4.90 Å². The predicted octanol–water partition coefficient (Wildman–Crippen LogP) is 1.31. The van der Waals surface area contributed by atoms with E-state index in [9.17, 15) is 9.59 Å². The first-order valence-electron chi connectivity index (χ1n) is 9.30. The van der Waals surface area contributed by atoms with Gasteiger partial charge in [0, 0.05) is 4.88 Å². The smallest absolute Gasteiger partial charge is 0.410 e. The lowest BCUT2D eigenvalue weighted by molar-refractivity contribution is -0.896. The van der Waals surface area contributed by atoms with Gasteiger partial charge in [-0.15, -0.1) is 11.3 Å². The molecule has 1 atom stereocenters. The number of quaternary nitrogens is 1. The van der Waals surface area contributed by atoms with E-state index in [1.807, 2.05) is 47.8 Å². The molecule has 2 N–H and O–H groups in total. The lowest BCUT2D eigenvalue weighted by Gasteiger charge is -2.31. The van der Waals surface area contributed by atoms with E-state index in [0.717, 1.165) is 23.5 Å². The van der Waals surface area contributed by atoms with E-state index < -0.39 is 0 Å². The number of nitrogens with one attached hydrogen (secondary N) is 2. The summed E-state index contributed by atoms with van der Waals surface area (Å²) >= 11 is 1.64. The van der Waals surface area contributed by atoms with Crippen LogP contribution in [0.5, 0.6) is 0 Å². The highest BCUT2D eigenvalue weighted by molar-refractivity contribution is 7.10. The molecule has 0 unspecified atom stereocenters. The molecule has 1 fully saturated rings. The zero-order valence-electron chi connectivity index (χ0n) is 15.5. The molecule has 6 nitrogen and oxygen atoms in total. The van der Waals surface area contributed by atoms with Crippen LogP contribution in [0, 0.1) is 0 Å². The van der Waals surface area contributed by atoms with Crippen molar-refractivity contribution in [3.63, 3.8) is 0 Å². The van der Waals surface area contributed by atoms with Gasteiger partial charge in [-0.1, -0.05) is 36.4 Å². The van der Waals surface area contributed by atoms with Gasteiger partial charge in [-0.3, -0.25) is 9.69 Å². The minimum Gasteiger partial charge on any atom is -0.450 e. The number of nitrogens with zero attached hydrogens (tertiary/aromatic N) is 1. The Kier molecular flexibility index (Phi) is 6.84. The van der Waals surface area contributed by atoms with E-state index in [-0.39, 0.29) is 18.0 Å². The summed E-state index contributed by atoms with van der Waals surface area (Å²) in [4.78, 5) is 28.5. The molecular weight excluding hydrogens is 362 g/mol. The molecule has 2 amide bonds. The van der Waals surface area contributed by atoms with Gasteiger partial charge in [0.05, 0.1) is 38.8 Å². The Labute approximate surface area is 163 Å². The van der Waals surface area contributed by atoms with Crippen molar-refractivity contribution in [2.45, 2.75) is 13.0 Å². The van der Waals surface area contributed by atoms with Crippen LogP contribution >= 0.6 is 11.3 Å². The Morgan fingerprint density at radius 1 is 1.19 bits per heavy atom. The highest BCUT2D eigenvalue weighted by atomic mass is 32.1. The summed E-state index contributed by atoms with van der Waals surface area (Å²) in [6.07, 6.45) is -0.261. The summed E-state index contributed by atoms with van der Waals surface area (Å²) in [6.45, 7) is 5.34. The zero-order valence-corrected chi connectivity index (χ0v) is 16.3. The van der Waals surface area contributed by atoms with Crippen LogP contribution in [0.4, 0.5) is 4.79 Å². The molecule has 0 radical (unpaired) electrons. The second-order valence-electron chi connectivity index (χ2n) is 6.54. The normalized spacial score (nSPS) is 16.0. The summed E-state index contributed by atoms with van der Waals surface area (Å²) in [7, 11) is 0. The topological polar surface area (TPSA) is 63.1 Å². The molecule has 1 saturated heterocycles. The number of carbonyl (C=O) groups excluding carboxylic acids is 2. The average molecular weight is 389 g/mol. The highest BCUT2D eigenvalue weighted by Gasteiger charge is 2.27. The number of benzene rings is 1. The standard InChI is InChI=1S/C20H25N3O3S/c1-2-26-20(25)23-12-10-22(11-13-23)15-18(24)21-19(17-9-6-14-27-17)16-7-4-3-5-8-16/h3-9,14,19H,2,10-13,15H2,1H3,(H,21,24)/p+1/t19-/m0/s1. The van der Waals surface area contributed by atoms with Crippen molar-refractivity contribution in [2.75, 3.05) is 39.3 Å². The second kappa shape index (κ2) is 9.53. The van der Waals surface area contributed by atoms with Crippen LogP contribution in [0.3, 0.4) is 0 Å². The molecule has 1 aromatic heterocycles. The molecule has 1 aliphatic heterocycles. The van der Waals surface area contributed by atoms with Gasteiger partial charge in [-0.05, 0) is 23.9 Å². The Hall–Kier alpha value is -2.38. The maximum absolute atomic E-state index is 12.7. The van der Waals surface area contributed by atoms with Crippen molar-refractivity contribution >= 4 is 23.3 Å². The number of amides is 2. The first kappa shape index (κ1) is 19.4. The molecule has 2 heterocycles. The number of thiophene rings is 1. The molecule has 0 aliphatic carbocycles. The van der Waals surface area contributed by atoms with Crippen molar-refractivity contribution in [3.8, 4) is 0 Å².